The molecule has 0 saturated carbocycles. The molecule has 0 bridgehead atoms. The fourth-order valence-electron chi connectivity index (χ4n) is 1.66. The van der Waals surface area contributed by atoms with Gasteiger partial charge >= 0.3 is 0 Å². The number of aryl methyl sites for hydroxylation is 1. The molecule has 0 aliphatic rings. The second kappa shape index (κ2) is 5.82. The standard InChI is InChI=1S/C13H17N3OS/c1-16-13(17-2)8-12(15-16)14-9-10-4-6-11(18-3)7-5-10/h4-8H,9H2,1-3H3,(H,14,15). The highest BCUT2D eigenvalue weighted by molar-refractivity contribution is 7.98. The number of benzene rings is 1. The van der Waals surface area contributed by atoms with E-state index in [1.807, 2.05) is 13.1 Å². The van der Waals surface area contributed by atoms with Crippen LogP contribution in [0.5, 0.6) is 5.88 Å². The van der Waals surface area contributed by atoms with E-state index < -0.39 is 0 Å². The van der Waals surface area contributed by atoms with Crippen molar-refractivity contribution in [2.24, 2.45) is 7.05 Å². The molecule has 0 atom stereocenters. The van der Waals surface area contributed by atoms with Gasteiger partial charge in [-0.15, -0.1) is 11.8 Å². The normalized spacial score (nSPS) is 10.4. The van der Waals surface area contributed by atoms with Crippen molar-refractivity contribution >= 4 is 17.6 Å². The molecule has 18 heavy (non-hydrogen) atoms. The number of methoxy groups -OCH3 is 1. The van der Waals surface area contributed by atoms with Crippen LogP contribution in [0.15, 0.2) is 35.2 Å². The summed E-state index contributed by atoms with van der Waals surface area (Å²) in [7, 11) is 3.50. The van der Waals surface area contributed by atoms with Gasteiger partial charge in [0.25, 0.3) is 0 Å². The van der Waals surface area contributed by atoms with E-state index in [2.05, 4.69) is 40.9 Å². The van der Waals surface area contributed by atoms with E-state index in [1.54, 1.807) is 23.6 Å². The second-order valence-corrected chi connectivity index (χ2v) is 4.78. The van der Waals surface area contributed by atoms with Gasteiger partial charge in [0.2, 0.25) is 5.88 Å². The summed E-state index contributed by atoms with van der Waals surface area (Å²) in [5, 5.41) is 7.58. The van der Waals surface area contributed by atoms with Crippen molar-refractivity contribution in [1.82, 2.24) is 9.78 Å². The number of ether oxygens (including phenoxy) is 1. The van der Waals surface area contributed by atoms with Crippen molar-refractivity contribution in [3.8, 4) is 5.88 Å². The number of anilines is 1. The fourth-order valence-corrected chi connectivity index (χ4v) is 2.07. The summed E-state index contributed by atoms with van der Waals surface area (Å²) in [6.07, 6.45) is 2.08. The lowest BCUT2D eigenvalue weighted by Crippen LogP contribution is -2.00. The SMILES string of the molecule is COc1cc(NCc2ccc(SC)cc2)nn1C. The van der Waals surface area contributed by atoms with Crippen LogP contribution >= 0.6 is 11.8 Å². The highest BCUT2D eigenvalue weighted by Crippen LogP contribution is 2.17. The Morgan fingerprint density at radius 1 is 1.33 bits per heavy atom. The van der Waals surface area contributed by atoms with Crippen LogP contribution in [0.2, 0.25) is 0 Å². The molecule has 0 spiro atoms. The molecule has 1 heterocycles. The molecule has 1 aromatic carbocycles. The largest absolute Gasteiger partial charge is 0.481 e. The Morgan fingerprint density at radius 3 is 2.61 bits per heavy atom. The number of aromatic nitrogens is 2. The molecular formula is C13H17N3OS. The van der Waals surface area contributed by atoms with Gasteiger partial charge in [-0.05, 0) is 24.0 Å². The van der Waals surface area contributed by atoms with Gasteiger partial charge in [0.05, 0.1) is 7.11 Å². The third-order valence-corrected chi connectivity index (χ3v) is 3.42. The van der Waals surface area contributed by atoms with Crippen LogP contribution in [0.1, 0.15) is 5.56 Å². The average molecular weight is 263 g/mol. The molecule has 96 valence electrons. The van der Waals surface area contributed by atoms with Crippen molar-refractivity contribution in [2.75, 3.05) is 18.7 Å². The number of nitrogens with zero attached hydrogens (tertiary/aromatic N) is 2. The maximum Gasteiger partial charge on any atom is 0.213 e. The van der Waals surface area contributed by atoms with Crippen LogP contribution in [0.3, 0.4) is 0 Å². The van der Waals surface area contributed by atoms with Gasteiger partial charge in [-0.25, -0.2) is 4.68 Å². The lowest BCUT2D eigenvalue weighted by Gasteiger charge is -2.03. The Labute approximate surface area is 111 Å². The van der Waals surface area contributed by atoms with Crippen LogP contribution in [-0.4, -0.2) is 23.1 Å². The summed E-state index contributed by atoms with van der Waals surface area (Å²) in [6.45, 7) is 0.759. The molecular weight excluding hydrogens is 246 g/mol. The van der Waals surface area contributed by atoms with Crippen LogP contribution in [0, 0.1) is 0 Å². The molecule has 0 unspecified atom stereocenters. The quantitative estimate of drug-likeness (QED) is 0.842. The van der Waals surface area contributed by atoms with Crippen molar-refractivity contribution < 1.29 is 4.74 Å². The summed E-state index contributed by atoms with van der Waals surface area (Å²) >= 11 is 1.75. The van der Waals surface area contributed by atoms with Gasteiger partial charge in [0, 0.05) is 24.6 Å². The Balaban J connectivity index is 1.97. The van der Waals surface area contributed by atoms with Crippen molar-refractivity contribution in [2.45, 2.75) is 11.4 Å². The van der Waals surface area contributed by atoms with Gasteiger partial charge in [-0.1, -0.05) is 12.1 Å². The number of nitrogens with one attached hydrogen (secondary N) is 1. The monoisotopic (exact) mass is 263 g/mol. The third-order valence-electron chi connectivity index (χ3n) is 2.68. The second-order valence-electron chi connectivity index (χ2n) is 3.90. The van der Waals surface area contributed by atoms with E-state index in [-0.39, 0.29) is 0 Å². The first-order valence-corrected chi connectivity index (χ1v) is 6.90. The zero-order valence-corrected chi connectivity index (χ0v) is 11.6. The third kappa shape index (κ3) is 2.98. The van der Waals surface area contributed by atoms with Crippen LogP contribution in [0.4, 0.5) is 5.82 Å². The Hall–Kier alpha value is -1.62. The predicted molar refractivity (Wildman–Crippen MR) is 75.3 cm³/mol. The summed E-state index contributed by atoms with van der Waals surface area (Å²) in [4.78, 5) is 1.28. The molecule has 2 rings (SSSR count). The molecule has 0 aliphatic carbocycles. The number of hydrogen-bond acceptors (Lipinski definition) is 4. The highest BCUT2D eigenvalue weighted by atomic mass is 32.2. The molecule has 5 heteroatoms. The molecule has 1 aromatic heterocycles. The predicted octanol–water partition coefficient (Wildman–Crippen LogP) is 2.76. The molecule has 0 radical (unpaired) electrons. The maximum absolute atomic E-state index is 5.17. The summed E-state index contributed by atoms with van der Waals surface area (Å²) in [5.41, 5.74) is 1.23. The summed E-state index contributed by atoms with van der Waals surface area (Å²) < 4.78 is 6.87. The molecule has 0 saturated heterocycles. The molecule has 1 N–H and O–H groups in total. The minimum Gasteiger partial charge on any atom is -0.481 e. The lowest BCUT2D eigenvalue weighted by atomic mass is 10.2. The van der Waals surface area contributed by atoms with Crippen molar-refractivity contribution in [3.63, 3.8) is 0 Å². The number of rotatable bonds is 5. The van der Waals surface area contributed by atoms with Crippen LogP contribution < -0.4 is 10.1 Å². The smallest absolute Gasteiger partial charge is 0.213 e. The molecule has 0 aliphatic heterocycles. The first kappa shape index (κ1) is 12.8. The Bertz CT molecular complexity index is 507. The minimum absolute atomic E-state index is 0.746. The van der Waals surface area contributed by atoms with Gasteiger partial charge in [0.1, 0.15) is 0 Å². The summed E-state index contributed by atoms with van der Waals surface area (Å²) in [5.74, 6) is 1.57. The summed E-state index contributed by atoms with van der Waals surface area (Å²) in [6, 6.07) is 10.4. The number of thioether (sulfide) groups is 1. The van der Waals surface area contributed by atoms with E-state index in [0.29, 0.717) is 0 Å². The van der Waals surface area contributed by atoms with Gasteiger partial charge in [-0.3, -0.25) is 0 Å². The topological polar surface area (TPSA) is 39.1 Å². The molecule has 0 amide bonds. The van der Waals surface area contributed by atoms with E-state index in [9.17, 15) is 0 Å². The zero-order chi connectivity index (χ0) is 13.0. The van der Waals surface area contributed by atoms with Crippen molar-refractivity contribution in [3.05, 3.63) is 35.9 Å². The zero-order valence-electron chi connectivity index (χ0n) is 10.8. The molecule has 2 aromatic rings. The average Bonchev–Trinajstić information content (AvgIpc) is 2.77. The Morgan fingerprint density at radius 2 is 2.06 bits per heavy atom. The van der Waals surface area contributed by atoms with Gasteiger partial charge in [0.15, 0.2) is 5.82 Å². The first-order valence-electron chi connectivity index (χ1n) is 5.67. The molecule has 4 nitrogen and oxygen atoms in total. The minimum atomic E-state index is 0.746. The Kier molecular flexibility index (Phi) is 4.15. The van der Waals surface area contributed by atoms with E-state index in [4.69, 9.17) is 4.74 Å². The number of hydrogen-bond donors (Lipinski definition) is 1. The van der Waals surface area contributed by atoms with Crippen LogP contribution in [0.25, 0.3) is 0 Å². The van der Waals surface area contributed by atoms with E-state index in [0.717, 1.165) is 18.2 Å². The van der Waals surface area contributed by atoms with E-state index >= 15 is 0 Å². The van der Waals surface area contributed by atoms with Crippen molar-refractivity contribution in [1.29, 1.82) is 0 Å². The fraction of sp³-hybridized carbons (Fsp3) is 0.308. The van der Waals surface area contributed by atoms with Crippen LogP contribution in [-0.2, 0) is 13.6 Å². The maximum atomic E-state index is 5.17. The van der Waals surface area contributed by atoms with Gasteiger partial charge in [-0.2, -0.15) is 5.10 Å². The van der Waals surface area contributed by atoms with E-state index in [1.165, 1.54) is 10.5 Å². The molecule has 0 fully saturated rings. The highest BCUT2D eigenvalue weighted by Gasteiger charge is 2.04. The first-order chi connectivity index (χ1) is 8.72. The van der Waals surface area contributed by atoms with Gasteiger partial charge < -0.3 is 10.1 Å². The lowest BCUT2D eigenvalue weighted by molar-refractivity contribution is 0.373.